The SMILES string of the molecule is CC(C)C(NC(=O)c1cnc(C(=O)O)cn1)c1ccc(Cl)cc1F. The summed E-state index contributed by atoms with van der Waals surface area (Å²) in [6, 6.07) is 3.64. The fraction of sp³-hybridized carbons (Fsp3) is 0.250. The number of nitrogens with one attached hydrogen (secondary N) is 1. The molecule has 1 unspecified atom stereocenters. The molecule has 0 aliphatic carbocycles. The number of rotatable bonds is 5. The van der Waals surface area contributed by atoms with Crippen molar-refractivity contribution in [1.82, 2.24) is 15.3 Å². The molecule has 2 rings (SSSR count). The molecule has 1 heterocycles. The van der Waals surface area contributed by atoms with Gasteiger partial charge in [-0.1, -0.05) is 31.5 Å². The van der Waals surface area contributed by atoms with E-state index in [0.29, 0.717) is 5.56 Å². The molecule has 2 N–H and O–H groups in total. The van der Waals surface area contributed by atoms with E-state index in [1.807, 2.05) is 13.8 Å². The first-order valence-electron chi connectivity index (χ1n) is 7.10. The third-order valence-corrected chi connectivity index (χ3v) is 3.59. The summed E-state index contributed by atoms with van der Waals surface area (Å²) in [7, 11) is 0. The number of amides is 1. The van der Waals surface area contributed by atoms with Crippen molar-refractivity contribution in [2.45, 2.75) is 19.9 Å². The second-order valence-corrected chi connectivity index (χ2v) is 5.89. The van der Waals surface area contributed by atoms with Gasteiger partial charge in [0.15, 0.2) is 5.69 Å². The number of carboxylic acids is 1. The van der Waals surface area contributed by atoms with Crippen LogP contribution in [0.25, 0.3) is 0 Å². The van der Waals surface area contributed by atoms with Gasteiger partial charge in [0.2, 0.25) is 0 Å². The molecule has 2 aromatic rings. The van der Waals surface area contributed by atoms with E-state index in [-0.39, 0.29) is 22.3 Å². The van der Waals surface area contributed by atoms with E-state index >= 15 is 0 Å². The molecule has 0 saturated heterocycles. The van der Waals surface area contributed by atoms with Crippen LogP contribution in [0, 0.1) is 11.7 Å². The maximum atomic E-state index is 14.1. The maximum Gasteiger partial charge on any atom is 0.356 e. The van der Waals surface area contributed by atoms with Crippen molar-refractivity contribution in [3.8, 4) is 0 Å². The van der Waals surface area contributed by atoms with Crippen LogP contribution >= 0.6 is 11.6 Å². The lowest BCUT2D eigenvalue weighted by Gasteiger charge is -2.23. The molecule has 0 aliphatic rings. The molecule has 0 radical (unpaired) electrons. The highest BCUT2D eigenvalue weighted by atomic mass is 35.5. The Bertz CT molecular complexity index is 766. The fourth-order valence-electron chi connectivity index (χ4n) is 2.13. The Morgan fingerprint density at radius 2 is 1.83 bits per heavy atom. The van der Waals surface area contributed by atoms with Crippen molar-refractivity contribution in [1.29, 1.82) is 0 Å². The van der Waals surface area contributed by atoms with Gasteiger partial charge in [0.1, 0.15) is 11.5 Å². The first-order chi connectivity index (χ1) is 11.3. The molecular formula is C16H15ClFN3O3. The van der Waals surface area contributed by atoms with Gasteiger partial charge < -0.3 is 10.4 Å². The topological polar surface area (TPSA) is 92.2 Å². The van der Waals surface area contributed by atoms with Gasteiger partial charge in [-0.3, -0.25) is 4.79 Å². The van der Waals surface area contributed by atoms with Crippen molar-refractivity contribution >= 4 is 23.5 Å². The monoisotopic (exact) mass is 351 g/mol. The van der Waals surface area contributed by atoms with E-state index in [9.17, 15) is 14.0 Å². The van der Waals surface area contributed by atoms with Crippen LogP contribution in [0.5, 0.6) is 0 Å². The average Bonchev–Trinajstić information content (AvgIpc) is 2.53. The number of carbonyl (C=O) groups excluding carboxylic acids is 1. The van der Waals surface area contributed by atoms with Crippen LogP contribution in [-0.2, 0) is 0 Å². The standard InChI is InChI=1S/C16H15ClFN3O3/c1-8(2)14(10-4-3-9(17)5-11(10)18)21-15(22)12-6-20-13(7-19-12)16(23)24/h3-8,14H,1-2H3,(H,21,22)(H,23,24). The van der Waals surface area contributed by atoms with Crippen LogP contribution in [0.2, 0.25) is 5.02 Å². The zero-order valence-corrected chi connectivity index (χ0v) is 13.7. The van der Waals surface area contributed by atoms with Crippen LogP contribution in [-0.4, -0.2) is 27.0 Å². The first-order valence-corrected chi connectivity index (χ1v) is 7.48. The summed E-state index contributed by atoms with van der Waals surface area (Å²) in [4.78, 5) is 30.4. The van der Waals surface area contributed by atoms with E-state index < -0.39 is 23.7 Å². The summed E-state index contributed by atoms with van der Waals surface area (Å²) in [5, 5.41) is 11.7. The number of carboxylic acid groups (broad SMARTS) is 1. The molecule has 0 fully saturated rings. The Labute approximate surface area is 142 Å². The quantitative estimate of drug-likeness (QED) is 0.863. The Hall–Kier alpha value is -2.54. The molecule has 1 aromatic heterocycles. The predicted molar refractivity (Wildman–Crippen MR) is 85.4 cm³/mol. The predicted octanol–water partition coefficient (Wildman–Crippen LogP) is 3.09. The minimum Gasteiger partial charge on any atom is -0.476 e. The highest BCUT2D eigenvalue weighted by Gasteiger charge is 2.23. The van der Waals surface area contributed by atoms with Crippen LogP contribution in [0.15, 0.2) is 30.6 Å². The smallest absolute Gasteiger partial charge is 0.356 e. The number of nitrogens with zero attached hydrogens (tertiary/aromatic N) is 2. The molecule has 0 spiro atoms. The van der Waals surface area contributed by atoms with Gasteiger partial charge in [-0.05, 0) is 18.1 Å². The summed E-state index contributed by atoms with van der Waals surface area (Å²) < 4.78 is 14.1. The van der Waals surface area contributed by atoms with E-state index in [0.717, 1.165) is 12.4 Å². The van der Waals surface area contributed by atoms with Crippen LogP contribution in [0.3, 0.4) is 0 Å². The van der Waals surface area contributed by atoms with Crippen LogP contribution in [0.4, 0.5) is 4.39 Å². The number of halogens is 2. The van der Waals surface area contributed by atoms with Crippen molar-refractivity contribution in [2.24, 2.45) is 5.92 Å². The van der Waals surface area contributed by atoms with Gasteiger partial charge in [-0.15, -0.1) is 0 Å². The average molecular weight is 352 g/mol. The number of hydrogen-bond donors (Lipinski definition) is 2. The summed E-state index contributed by atoms with van der Waals surface area (Å²) in [5.41, 5.74) is -0.0198. The van der Waals surface area contributed by atoms with Crippen molar-refractivity contribution in [2.75, 3.05) is 0 Å². The lowest BCUT2D eigenvalue weighted by atomic mass is 9.95. The van der Waals surface area contributed by atoms with E-state index in [4.69, 9.17) is 16.7 Å². The second-order valence-electron chi connectivity index (χ2n) is 5.45. The normalized spacial score (nSPS) is 12.0. The van der Waals surface area contributed by atoms with Gasteiger partial charge in [0.25, 0.3) is 5.91 Å². The highest BCUT2D eigenvalue weighted by molar-refractivity contribution is 6.30. The molecule has 1 aromatic carbocycles. The fourth-order valence-corrected chi connectivity index (χ4v) is 2.29. The molecule has 6 nitrogen and oxygen atoms in total. The number of aromatic nitrogens is 2. The lowest BCUT2D eigenvalue weighted by molar-refractivity contribution is 0.0688. The van der Waals surface area contributed by atoms with Crippen molar-refractivity contribution < 1.29 is 19.1 Å². The molecule has 1 atom stereocenters. The van der Waals surface area contributed by atoms with Gasteiger partial charge in [0, 0.05) is 10.6 Å². The van der Waals surface area contributed by atoms with Crippen molar-refractivity contribution in [3.63, 3.8) is 0 Å². The third-order valence-electron chi connectivity index (χ3n) is 3.35. The molecule has 0 bridgehead atoms. The van der Waals surface area contributed by atoms with E-state index in [2.05, 4.69) is 15.3 Å². The number of aromatic carboxylic acids is 1. The van der Waals surface area contributed by atoms with Gasteiger partial charge in [-0.2, -0.15) is 0 Å². The summed E-state index contributed by atoms with van der Waals surface area (Å²) in [5.74, 6) is -2.44. The van der Waals surface area contributed by atoms with Gasteiger partial charge in [-0.25, -0.2) is 19.2 Å². The Kier molecular flexibility index (Phi) is 5.46. The summed E-state index contributed by atoms with van der Waals surface area (Å²) in [6.45, 7) is 3.66. The number of carbonyl (C=O) groups is 2. The van der Waals surface area contributed by atoms with Crippen molar-refractivity contribution in [3.05, 3.63) is 58.4 Å². The van der Waals surface area contributed by atoms with Crippen LogP contribution in [0.1, 0.15) is 46.4 Å². The summed E-state index contributed by atoms with van der Waals surface area (Å²) in [6.07, 6.45) is 2.05. The second kappa shape index (κ2) is 7.35. The minimum absolute atomic E-state index is 0.0555. The summed E-state index contributed by atoms with van der Waals surface area (Å²) >= 11 is 5.75. The number of hydrogen-bond acceptors (Lipinski definition) is 4. The van der Waals surface area contributed by atoms with Gasteiger partial charge in [0.05, 0.1) is 18.4 Å². The van der Waals surface area contributed by atoms with E-state index in [1.54, 1.807) is 6.07 Å². The molecule has 1 amide bonds. The molecule has 24 heavy (non-hydrogen) atoms. The minimum atomic E-state index is -1.24. The maximum absolute atomic E-state index is 14.1. The first kappa shape index (κ1) is 17.8. The highest BCUT2D eigenvalue weighted by Crippen LogP contribution is 2.26. The Morgan fingerprint density at radius 1 is 1.21 bits per heavy atom. The molecule has 0 aliphatic heterocycles. The van der Waals surface area contributed by atoms with Gasteiger partial charge >= 0.3 is 5.97 Å². The Morgan fingerprint density at radius 3 is 2.33 bits per heavy atom. The zero-order chi connectivity index (χ0) is 17.9. The van der Waals surface area contributed by atoms with E-state index in [1.165, 1.54) is 12.1 Å². The molecule has 8 heteroatoms. The third kappa shape index (κ3) is 4.05. The molecular weight excluding hydrogens is 337 g/mol. The lowest BCUT2D eigenvalue weighted by Crippen LogP contribution is -2.33. The largest absolute Gasteiger partial charge is 0.476 e. The zero-order valence-electron chi connectivity index (χ0n) is 13.0. The molecule has 0 saturated carbocycles. The number of benzene rings is 1. The Balaban J connectivity index is 2.24. The van der Waals surface area contributed by atoms with Crippen LogP contribution < -0.4 is 5.32 Å². The molecule has 126 valence electrons.